The highest BCUT2D eigenvalue weighted by Crippen LogP contribution is 2.34. The molecule has 1 saturated carbocycles. The Morgan fingerprint density at radius 2 is 2.10 bits per heavy atom. The fourth-order valence-electron chi connectivity index (χ4n) is 2.20. The van der Waals surface area contributed by atoms with Crippen LogP contribution in [-0.2, 0) is 16.6 Å². The molecular formula is C14H15FN2O2S2. The smallest absolute Gasteiger partial charge is 0.243 e. The Morgan fingerprint density at radius 3 is 2.67 bits per heavy atom. The van der Waals surface area contributed by atoms with Gasteiger partial charge in [-0.05, 0) is 53.4 Å². The summed E-state index contributed by atoms with van der Waals surface area (Å²) >= 11 is 1.52. The zero-order chi connectivity index (χ0) is 15.0. The summed E-state index contributed by atoms with van der Waals surface area (Å²) in [5.74, 6) is -0.639. The molecule has 1 aromatic heterocycles. The quantitative estimate of drug-likeness (QED) is 0.859. The molecule has 4 nitrogen and oxygen atoms in total. The highest BCUT2D eigenvalue weighted by atomic mass is 32.2. The first-order valence-electron chi connectivity index (χ1n) is 6.56. The molecule has 2 aromatic rings. The second kappa shape index (κ2) is 5.40. The average molecular weight is 326 g/mol. The summed E-state index contributed by atoms with van der Waals surface area (Å²) in [4.78, 5) is -0.0814. The van der Waals surface area contributed by atoms with Crippen molar-refractivity contribution in [2.75, 3.05) is 5.73 Å². The van der Waals surface area contributed by atoms with Crippen LogP contribution in [-0.4, -0.2) is 18.8 Å². The van der Waals surface area contributed by atoms with Crippen LogP contribution in [0.3, 0.4) is 0 Å². The first kappa shape index (κ1) is 14.5. The fraction of sp³-hybridized carbons (Fsp3) is 0.286. The van der Waals surface area contributed by atoms with Gasteiger partial charge in [-0.2, -0.15) is 15.6 Å². The van der Waals surface area contributed by atoms with Crippen LogP contribution in [0.15, 0.2) is 39.9 Å². The molecule has 1 aliphatic rings. The number of rotatable bonds is 5. The average Bonchev–Trinajstić information content (AvgIpc) is 3.11. The first-order valence-corrected chi connectivity index (χ1v) is 8.94. The molecule has 0 saturated heterocycles. The van der Waals surface area contributed by atoms with E-state index in [9.17, 15) is 12.8 Å². The molecule has 3 rings (SSSR count). The molecule has 1 fully saturated rings. The highest BCUT2D eigenvalue weighted by molar-refractivity contribution is 7.89. The standard InChI is InChI=1S/C14H15FN2O2S2/c15-11-5-12(16)7-14(6-11)21(18,19)17(13-1-2-13)8-10-3-4-20-9-10/h3-7,9,13H,1-2,8,16H2. The van der Waals surface area contributed by atoms with Crippen LogP contribution in [0, 0.1) is 5.82 Å². The molecule has 112 valence electrons. The minimum Gasteiger partial charge on any atom is -0.399 e. The van der Waals surface area contributed by atoms with Crippen LogP contribution >= 0.6 is 11.3 Å². The number of thiophene rings is 1. The van der Waals surface area contributed by atoms with Gasteiger partial charge < -0.3 is 5.73 Å². The Balaban J connectivity index is 1.97. The van der Waals surface area contributed by atoms with Crippen LogP contribution in [0.5, 0.6) is 0 Å². The molecule has 0 spiro atoms. The SMILES string of the molecule is Nc1cc(F)cc(S(=O)(=O)N(Cc2ccsc2)C2CC2)c1. The topological polar surface area (TPSA) is 63.4 Å². The van der Waals surface area contributed by atoms with E-state index in [1.54, 1.807) is 0 Å². The maximum atomic E-state index is 13.5. The Bertz CT molecular complexity index is 720. The zero-order valence-electron chi connectivity index (χ0n) is 11.2. The lowest BCUT2D eigenvalue weighted by Crippen LogP contribution is -2.32. The Morgan fingerprint density at radius 1 is 1.33 bits per heavy atom. The molecule has 0 bridgehead atoms. The molecule has 0 unspecified atom stereocenters. The molecule has 2 N–H and O–H groups in total. The Kier molecular flexibility index (Phi) is 3.73. The first-order chi connectivity index (χ1) is 9.96. The summed E-state index contributed by atoms with van der Waals surface area (Å²) in [7, 11) is -3.74. The van der Waals surface area contributed by atoms with Crippen LogP contribution in [0.2, 0.25) is 0 Å². The predicted octanol–water partition coefficient (Wildman–Crippen LogP) is 2.82. The van der Waals surface area contributed by atoms with Crippen molar-refractivity contribution in [1.29, 1.82) is 0 Å². The third-order valence-electron chi connectivity index (χ3n) is 3.37. The molecular weight excluding hydrogens is 311 g/mol. The van der Waals surface area contributed by atoms with Crippen molar-refractivity contribution in [2.24, 2.45) is 0 Å². The molecule has 1 aromatic carbocycles. The van der Waals surface area contributed by atoms with Gasteiger partial charge in [0.15, 0.2) is 0 Å². The minimum atomic E-state index is -3.74. The number of halogens is 1. The van der Waals surface area contributed by atoms with E-state index >= 15 is 0 Å². The van der Waals surface area contributed by atoms with Gasteiger partial charge in [0.05, 0.1) is 4.90 Å². The summed E-state index contributed by atoms with van der Waals surface area (Å²) in [6.07, 6.45) is 1.68. The van der Waals surface area contributed by atoms with E-state index < -0.39 is 15.8 Å². The number of hydrogen-bond acceptors (Lipinski definition) is 4. The number of benzene rings is 1. The molecule has 1 aliphatic carbocycles. The molecule has 0 atom stereocenters. The van der Waals surface area contributed by atoms with Crippen molar-refractivity contribution in [2.45, 2.75) is 30.3 Å². The summed E-state index contributed by atoms with van der Waals surface area (Å²) in [6, 6.07) is 5.34. The number of nitrogens with zero attached hydrogens (tertiary/aromatic N) is 1. The summed E-state index contributed by atoms with van der Waals surface area (Å²) in [5, 5.41) is 3.83. The predicted molar refractivity (Wildman–Crippen MR) is 80.9 cm³/mol. The van der Waals surface area contributed by atoms with Gasteiger partial charge >= 0.3 is 0 Å². The van der Waals surface area contributed by atoms with E-state index in [-0.39, 0.29) is 16.6 Å². The zero-order valence-corrected chi connectivity index (χ0v) is 12.8. The third kappa shape index (κ3) is 3.09. The monoisotopic (exact) mass is 326 g/mol. The normalized spacial score (nSPS) is 15.5. The van der Waals surface area contributed by atoms with Gasteiger partial charge in [0.25, 0.3) is 0 Å². The number of nitrogen functional groups attached to an aromatic ring is 1. The van der Waals surface area contributed by atoms with E-state index in [1.165, 1.54) is 21.7 Å². The van der Waals surface area contributed by atoms with Crippen molar-refractivity contribution in [3.8, 4) is 0 Å². The number of sulfonamides is 1. The molecule has 7 heteroatoms. The summed E-state index contributed by atoms with van der Waals surface area (Å²) in [6.45, 7) is 0.312. The van der Waals surface area contributed by atoms with Crippen molar-refractivity contribution in [3.05, 3.63) is 46.4 Å². The molecule has 1 heterocycles. The fourth-order valence-corrected chi connectivity index (χ4v) is 4.60. The Labute approximate surface area is 127 Å². The maximum Gasteiger partial charge on any atom is 0.243 e. The number of nitrogens with two attached hydrogens (primary N) is 1. The third-order valence-corrected chi connectivity index (χ3v) is 5.98. The van der Waals surface area contributed by atoms with Gasteiger partial charge in [-0.1, -0.05) is 0 Å². The van der Waals surface area contributed by atoms with Crippen LogP contribution < -0.4 is 5.73 Å². The van der Waals surface area contributed by atoms with E-state index in [4.69, 9.17) is 5.73 Å². The molecule has 0 aliphatic heterocycles. The van der Waals surface area contributed by atoms with Gasteiger partial charge in [-0.25, -0.2) is 12.8 Å². The van der Waals surface area contributed by atoms with Crippen molar-refractivity contribution in [3.63, 3.8) is 0 Å². The van der Waals surface area contributed by atoms with Gasteiger partial charge in [0.1, 0.15) is 5.82 Å². The van der Waals surface area contributed by atoms with Crippen LogP contribution in [0.1, 0.15) is 18.4 Å². The molecule has 0 radical (unpaired) electrons. The number of anilines is 1. The van der Waals surface area contributed by atoms with Gasteiger partial charge in [0, 0.05) is 18.3 Å². The molecule has 21 heavy (non-hydrogen) atoms. The van der Waals surface area contributed by atoms with Crippen LogP contribution in [0.4, 0.5) is 10.1 Å². The summed E-state index contributed by atoms with van der Waals surface area (Å²) < 4.78 is 40.4. The van der Waals surface area contributed by atoms with E-state index in [0.717, 1.165) is 30.5 Å². The van der Waals surface area contributed by atoms with E-state index in [2.05, 4.69) is 0 Å². The second-order valence-corrected chi connectivity index (χ2v) is 7.80. The number of hydrogen-bond donors (Lipinski definition) is 1. The molecule has 0 amide bonds. The summed E-state index contributed by atoms with van der Waals surface area (Å²) in [5.41, 5.74) is 6.62. The lowest BCUT2D eigenvalue weighted by molar-refractivity contribution is 0.398. The van der Waals surface area contributed by atoms with E-state index in [1.807, 2.05) is 16.8 Å². The highest BCUT2D eigenvalue weighted by Gasteiger charge is 2.38. The van der Waals surface area contributed by atoms with Gasteiger partial charge in [-0.15, -0.1) is 0 Å². The van der Waals surface area contributed by atoms with E-state index in [0.29, 0.717) is 6.54 Å². The lowest BCUT2D eigenvalue weighted by Gasteiger charge is -2.21. The lowest BCUT2D eigenvalue weighted by atomic mass is 10.3. The largest absolute Gasteiger partial charge is 0.399 e. The van der Waals surface area contributed by atoms with Gasteiger partial charge in [0.2, 0.25) is 10.0 Å². The Hall–Kier alpha value is -1.44. The second-order valence-electron chi connectivity index (χ2n) is 5.13. The minimum absolute atomic E-state index is 0.000563. The van der Waals surface area contributed by atoms with Crippen molar-refractivity contribution in [1.82, 2.24) is 4.31 Å². The van der Waals surface area contributed by atoms with Crippen LogP contribution in [0.25, 0.3) is 0 Å². The van der Waals surface area contributed by atoms with Crippen molar-refractivity contribution < 1.29 is 12.8 Å². The van der Waals surface area contributed by atoms with Gasteiger partial charge in [-0.3, -0.25) is 0 Å². The maximum absolute atomic E-state index is 13.5. The van der Waals surface area contributed by atoms with Crippen molar-refractivity contribution >= 4 is 27.0 Å².